The first-order chi connectivity index (χ1) is 8.34. The van der Waals surface area contributed by atoms with Crippen LogP contribution in [0.4, 0.5) is 13.2 Å². The Bertz CT molecular complexity index is 419. The fourth-order valence-electron chi connectivity index (χ4n) is 1.03. The van der Waals surface area contributed by atoms with Crippen LogP contribution in [-0.4, -0.2) is 21.8 Å². The molecule has 1 aromatic heterocycles. The molecule has 0 spiro atoms. The summed E-state index contributed by atoms with van der Waals surface area (Å²) in [5.74, 6) is 0.354. The van der Waals surface area contributed by atoms with Crippen molar-refractivity contribution in [3.05, 3.63) is 23.9 Å². The molecule has 0 fully saturated rings. The lowest BCUT2D eigenvalue weighted by Crippen LogP contribution is -2.22. The van der Waals surface area contributed by atoms with Crippen molar-refractivity contribution >= 4 is 17.6 Å². The topological polar surface area (TPSA) is 71.5 Å². The predicted molar refractivity (Wildman–Crippen MR) is 62.5 cm³/mol. The van der Waals surface area contributed by atoms with Gasteiger partial charge in [0.05, 0.1) is 10.6 Å². The van der Waals surface area contributed by atoms with Crippen molar-refractivity contribution in [1.29, 1.82) is 0 Å². The van der Waals surface area contributed by atoms with Gasteiger partial charge in [0.2, 0.25) is 0 Å². The molecule has 1 aromatic rings. The van der Waals surface area contributed by atoms with Gasteiger partial charge in [0.15, 0.2) is 0 Å². The number of amidine groups is 1. The number of halogens is 3. The zero-order valence-electron chi connectivity index (χ0n) is 9.48. The van der Waals surface area contributed by atoms with Gasteiger partial charge in [-0.25, -0.2) is 4.98 Å². The second-order valence-corrected chi connectivity index (χ2v) is 4.66. The highest BCUT2D eigenvalue weighted by atomic mass is 32.2. The van der Waals surface area contributed by atoms with Crippen molar-refractivity contribution in [1.82, 2.24) is 4.98 Å². The smallest absolute Gasteiger partial charge is 0.409 e. The number of nitrogens with zero attached hydrogens (tertiary/aromatic N) is 2. The van der Waals surface area contributed by atoms with Crippen molar-refractivity contribution in [3.8, 4) is 0 Å². The van der Waals surface area contributed by atoms with Crippen LogP contribution in [0.2, 0.25) is 0 Å². The lowest BCUT2D eigenvalue weighted by atomic mass is 10.2. The van der Waals surface area contributed by atoms with Gasteiger partial charge in [0, 0.05) is 17.9 Å². The number of aromatic nitrogens is 1. The minimum absolute atomic E-state index is 0.0782. The SMILES string of the molecule is CC(CSc1ccc(C(F)(F)F)cn1)/C(N)=N/O. The summed E-state index contributed by atoms with van der Waals surface area (Å²) in [5.41, 5.74) is 4.60. The van der Waals surface area contributed by atoms with E-state index < -0.39 is 11.7 Å². The number of hydrogen-bond acceptors (Lipinski definition) is 4. The van der Waals surface area contributed by atoms with Crippen molar-refractivity contribution in [2.75, 3.05) is 5.75 Å². The van der Waals surface area contributed by atoms with Gasteiger partial charge in [0.25, 0.3) is 0 Å². The summed E-state index contributed by atoms with van der Waals surface area (Å²) < 4.78 is 36.8. The Morgan fingerprint density at radius 3 is 2.67 bits per heavy atom. The van der Waals surface area contributed by atoms with Crippen LogP contribution in [0.5, 0.6) is 0 Å². The van der Waals surface area contributed by atoms with Crippen molar-refractivity contribution in [2.24, 2.45) is 16.8 Å². The molecule has 0 aliphatic carbocycles. The lowest BCUT2D eigenvalue weighted by Gasteiger charge is -2.09. The Kier molecular flexibility index (Phi) is 4.83. The van der Waals surface area contributed by atoms with Gasteiger partial charge in [-0.1, -0.05) is 12.1 Å². The maximum Gasteiger partial charge on any atom is 0.417 e. The number of alkyl halides is 3. The number of oxime groups is 1. The van der Waals surface area contributed by atoms with Gasteiger partial charge in [-0.3, -0.25) is 0 Å². The van der Waals surface area contributed by atoms with E-state index in [-0.39, 0.29) is 11.8 Å². The third-order valence-electron chi connectivity index (χ3n) is 2.17. The summed E-state index contributed by atoms with van der Waals surface area (Å²) in [7, 11) is 0. The highest BCUT2D eigenvalue weighted by molar-refractivity contribution is 7.99. The van der Waals surface area contributed by atoms with Crippen molar-refractivity contribution < 1.29 is 18.4 Å². The Morgan fingerprint density at radius 2 is 2.22 bits per heavy atom. The molecule has 0 saturated carbocycles. The van der Waals surface area contributed by atoms with Gasteiger partial charge in [0.1, 0.15) is 5.84 Å². The largest absolute Gasteiger partial charge is 0.417 e. The number of nitrogens with two attached hydrogens (primary N) is 1. The second-order valence-electron chi connectivity index (χ2n) is 3.62. The van der Waals surface area contributed by atoms with Gasteiger partial charge in [-0.05, 0) is 12.1 Å². The van der Waals surface area contributed by atoms with E-state index in [1.165, 1.54) is 17.8 Å². The molecule has 0 aliphatic rings. The molecular formula is C10H12F3N3OS. The molecule has 0 radical (unpaired) electrons. The average Bonchev–Trinajstić information content (AvgIpc) is 2.34. The summed E-state index contributed by atoms with van der Waals surface area (Å²) in [6.45, 7) is 1.74. The molecule has 1 atom stereocenters. The highest BCUT2D eigenvalue weighted by Crippen LogP contribution is 2.29. The van der Waals surface area contributed by atoms with E-state index in [1.807, 2.05) is 0 Å². The fraction of sp³-hybridized carbons (Fsp3) is 0.400. The molecule has 0 bridgehead atoms. The van der Waals surface area contributed by atoms with Crippen LogP contribution in [0.3, 0.4) is 0 Å². The van der Waals surface area contributed by atoms with Gasteiger partial charge in [-0.15, -0.1) is 11.8 Å². The average molecular weight is 279 g/mol. The normalized spacial score (nSPS) is 14.6. The third kappa shape index (κ3) is 4.10. The Balaban J connectivity index is 2.60. The Hall–Kier alpha value is -1.44. The predicted octanol–water partition coefficient (Wildman–Crippen LogP) is 2.58. The first-order valence-corrected chi connectivity index (χ1v) is 5.96. The molecule has 1 heterocycles. The molecule has 1 rings (SSSR count). The molecule has 3 N–H and O–H groups in total. The third-order valence-corrected chi connectivity index (χ3v) is 3.37. The van der Waals surface area contributed by atoms with E-state index in [0.29, 0.717) is 10.8 Å². The first-order valence-electron chi connectivity index (χ1n) is 4.98. The zero-order valence-corrected chi connectivity index (χ0v) is 10.3. The zero-order chi connectivity index (χ0) is 13.8. The van der Waals surface area contributed by atoms with E-state index in [9.17, 15) is 13.2 Å². The van der Waals surface area contributed by atoms with E-state index in [0.717, 1.165) is 12.3 Å². The minimum atomic E-state index is -4.38. The summed E-state index contributed by atoms with van der Waals surface area (Å²) in [5, 5.41) is 11.8. The molecule has 18 heavy (non-hydrogen) atoms. The maximum absolute atomic E-state index is 12.3. The van der Waals surface area contributed by atoms with Crippen LogP contribution < -0.4 is 5.73 Å². The molecule has 0 saturated heterocycles. The lowest BCUT2D eigenvalue weighted by molar-refractivity contribution is -0.137. The van der Waals surface area contributed by atoms with Crippen LogP contribution in [0.1, 0.15) is 12.5 Å². The summed E-state index contributed by atoms with van der Waals surface area (Å²) in [6, 6.07) is 2.27. The van der Waals surface area contributed by atoms with Crippen LogP contribution >= 0.6 is 11.8 Å². The van der Waals surface area contributed by atoms with Crippen LogP contribution in [0.15, 0.2) is 28.5 Å². The summed E-state index contributed by atoms with van der Waals surface area (Å²) >= 11 is 1.24. The molecule has 100 valence electrons. The van der Waals surface area contributed by atoms with Crippen molar-refractivity contribution in [3.63, 3.8) is 0 Å². The van der Waals surface area contributed by atoms with Crippen LogP contribution in [-0.2, 0) is 6.18 Å². The fourth-order valence-corrected chi connectivity index (χ4v) is 1.91. The molecule has 8 heteroatoms. The Labute approximate surface area is 106 Å². The minimum Gasteiger partial charge on any atom is -0.409 e. The quantitative estimate of drug-likeness (QED) is 0.292. The molecule has 1 unspecified atom stereocenters. The molecule has 0 aliphatic heterocycles. The number of hydrogen-bond donors (Lipinski definition) is 2. The molecule has 0 amide bonds. The first kappa shape index (κ1) is 14.6. The van der Waals surface area contributed by atoms with Gasteiger partial charge < -0.3 is 10.9 Å². The summed E-state index contributed by atoms with van der Waals surface area (Å²) in [6.07, 6.45) is -3.59. The molecule has 4 nitrogen and oxygen atoms in total. The second kappa shape index (κ2) is 5.94. The maximum atomic E-state index is 12.3. The van der Waals surface area contributed by atoms with E-state index in [4.69, 9.17) is 10.9 Å². The van der Waals surface area contributed by atoms with Crippen LogP contribution in [0.25, 0.3) is 0 Å². The monoisotopic (exact) mass is 279 g/mol. The van der Waals surface area contributed by atoms with Gasteiger partial charge in [-0.2, -0.15) is 13.2 Å². The van der Waals surface area contributed by atoms with E-state index in [1.54, 1.807) is 6.92 Å². The van der Waals surface area contributed by atoms with Crippen LogP contribution in [0, 0.1) is 5.92 Å². The molecule has 0 aromatic carbocycles. The summed E-state index contributed by atoms with van der Waals surface area (Å²) in [4.78, 5) is 3.70. The van der Waals surface area contributed by atoms with Crippen molar-refractivity contribution in [2.45, 2.75) is 18.1 Å². The van der Waals surface area contributed by atoms with E-state index >= 15 is 0 Å². The standard InChI is InChI=1S/C10H12F3N3OS/c1-6(9(14)16-17)5-18-8-3-2-7(4-15-8)10(11,12)13/h2-4,6,17H,5H2,1H3,(H2,14,16). The van der Waals surface area contributed by atoms with E-state index in [2.05, 4.69) is 10.1 Å². The highest BCUT2D eigenvalue weighted by Gasteiger charge is 2.30. The number of rotatable bonds is 4. The molecular weight excluding hydrogens is 267 g/mol. The Morgan fingerprint density at radius 1 is 1.56 bits per heavy atom. The number of thioether (sulfide) groups is 1. The van der Waals surface area contributed by atoms with Gasteiger partial charge >= 0.3 is 6.18 Å². The number of pyridine rings is 1.